The van der Waals surface area contributed by atoms with Crippen LogP contribution < -0.4 is 10.5 Å². The predicted molar refractivity (Wildman–Crippen MR) is 105 cm³/mol. The molecule has 1 aliphatic carbocycles. The highest BCUT2D eigenvalue weighted by molar-refractivity contribution is 7.89. The number of sulfonamides is 1. The van der Waals surface area contributed by atoms with Crippen LogP contribution in [0.2, 0.25) is 0 Å². The fourth-order valence-corrected chi connectivity index (χ4v) is 5.14. The molecule has 148 valence electrons. The maximum absolute atomic E-state index is 15.0. The average molecular weight is 404 g/mol. The van der Waals surface area contributed by atoms with Crippen LogP contribution in [0.15, 0.2) is 35.2 Å². The minimum Gasteiger partial charge on any atom is -0.391 e. The molecule has 3 aromatic rings. The lowest BCUT2D eigenvalue weighted by atomic mass is 9.98. The number of benzene rings is 2. The van der Waals surface area contributed by atoms with Gasteiger partial charge in [-0.25, -0.2) is 17.5 Å². The number of aliphatic hydroxyl groups excluding tert-OH is 1. The minimum atomic E-state index is -3.78. The van der Waals surface area contributed by atoms with Crippen molar-refractivity contribution >= 4 is 26.7 Å². The maximum atomic E-state index is 15.0. The number of hydrogen-bond acceptors (Lipinski definition) is 5. The first kappa shape index (κ1) is 18.9. The third kappa shape index (κ3) is 3.15. The van der Waals surface area contributed by atoms with Gasteiger partial charge in [-0.1, -0.05) is 6.07 Å². The molecule has 0 bridgehead atoms. The Balaban J connectivity index is 1.70. The van der Waals surface area contributed by atoms with Crippen molar-refractivity contribution in [2.24, 2.45) is 0 Å². The van der Waals surface area contributed by atoms with Gasteiger partial charge in [0.2, 0.25) is 10.0 Å². The number of anilines is 1. The summed E-state index contributed by atoms with van der Waals surface area (Å²) in [6.07, 6.45) is 1.31. The molecule has 1 fully saturated rings. The van der Waals surface area contributed by atoms with Crippen LogP contribution in [0.5, 0.6) is 0 Å². The highest BCUT2D eigenvalue weighted by Gasteiger charge is 2.30. The van der Waals surface area contributed by atoms with Crippen LogP contribution in [0.4, 0.5) is 10.2 Å². The molecular formula is C19H21FN4O3S. The van der Waals surface area contributed by atoms with E-state index < -0.39 is 28.0 Å². The highest BCUT2D eigenvalue weighted by atomic mass is 32.2. The summed E-state index contributed by atoms with van der Waals surface area (Å²) in [6.45, 7) is 1.72. The van der Waals surface area contributed by atoms with E-state index in [1.807, 2.05) is 0 Å². The first-order valence-corrected chi connectivity index (χ1v) is 10.5. The van der Waals surface area contributed by atoms with Crippen LogP contribution in [-0.4, -0.2) is 35.9 Å². The second-order valence-corrected chi connectivity index (χ2v) is 8.88. The van der Waals surface area contributed by atoms with Crippen LogP contribution in [0.3, 0.4) is 0 Å². The first-order valence-electron chi connectivity index (χ1n) is 9.01. The summed E-state index contributed by atoms with van der Waals surface area (Å²) < 4.78 is 42.9. The molecule has 0 aliphatic heterocycles. The topological polar surface area (TPSA) is 121 Å². The van der Waals surface area contributed by atoms with Crippen LogP contribution >= 0.6 is 0 Å². The predicted octanol–water partition coefficient (Wildman–Crippen LogP) is 2.45. The Morgan fingerprint density at radius 3 is 2.68 bits per heavy atom. The Labute approximate surface area is 161 Å². The van der Waals surface area contributed by atoms with Gasteiger partial charge in [-0.3, -0.25) is 5.10 Å². The molecule has 0 spiro atoms. The van der Waals surface area contributed by atoms with Crippen molar-refractivity contribution in [3.05, 3.63) is 41.7 Å². The molecule has 4 rings (SSSR count). The van der Waals surface area contributed by atoms with Gasteiger partial charge >= 0.3 is 0 Å². The van der Waals surface area contributed by atoms with Gasteiger partial charge in [0, 0.05) is 11.6 Å². The summed E-state index contributed by atoms with van der Waals surface area (Å²) in [6, 6.07) is 7.34. The quantitative estimate of drug-likeness (QED) is 0.532. The maximum Gasteiger partial charge on any atom is 0.240 e. The lowest BCUT2D eigenvalue weighted by molar-refractivity contribution is 0.159. The zero-order chi connectivity index (χ0) is 20.1. The Hall–Kier alpha value is -2.49. The van der Waals surface area contributed by atoms with E-state index in [9.17, 15) is 17.9 Å². The van der Waals surface area contributed by atoms with Gasteiger partial charge in [0.25, 0.3) is 0 Å². The number of nitrogens with one attached hydrogen (secondary N) is 2. The van der Waals surface area contributed by atoms with E-state index in [0.717, 1.165) is 6.42 Å². The van der Waals surface area contributed by atoms with Gasteiger partial charge in [-0.2, -0.15) is 5.10 Å². The van der Waals surface area contributed by atoms with Crippen molar-refractivity contribution in [2.75, 3.05) is 5.73 Å². The molecule has 28 heavy (non-hydrogen) atoms. The van der Waals surface area contributed by atoms with Gasteiger partial charge in [-0.05, 0) is 61.6 Å². The van der Waals surface area contributed by atoms with Gasteiger partial charge in [-0.15, -0.1) is 0 Å². The Morgan fingerprint density at radius 2 is 2.00 bits per heavy atom. The van der Waals surface area contributed by atoms with Crippen LogP contribution in [0.25, 0.3) is 22.0 Å². The van der Waals surface area contributed by atoms with E-state index in [1.165, 1.54) is 12.1 Å². The minimum absolute atomic E-state index is 0.0746. The van der Waals surface area contributed by atoms with Gasteiger partial charge in [0.15, 0.2) is 5.82 Å². The van der Waals surface area contributed by atoms with Crippen LogP contribution in [0, 0.1) is 12.7 Å². The van der Waals surface area contributed by atoms with Gasteiger partial charge < -0.3 is 10.8 Å². The van der Waals surface area contributed by atoms with E-state index in [-0.39, 0.29) is 16.1 Å². The molecule has 5 N–H and O–H groups in total. The zero-order valence-electron chi connectivity index (χ0n) is 15.2. The monoisotopic (exact) mass is 404 g/mol. The summed E-state index contributed by atoms with van der Waals surface area (Å²) in [5.74, 6) is -0.430. The third-order valence-corrected chi connectivity index (χ3v) is 6.77. The Bertz CT molecular complexity index is 1160. The summed E-state index contributed by atoms with van der Waals surface area (Å²) in [5, 5.41) is 16.6. The Morgan fingerprint density at radius 1 is 1.25 bits per heavy atom. The molecule has 1 aliphatic rings. The fourth-order valence-electron chi connectivity index (χ4n) is 3.75. The molecule has 9 heteroatoms. The second kappa shape index (κ2) is 6.84. The molecule has 7 nitrogen and oxygen atoms in total. The van der Waals surface area contributed by atoms with Crippen molar-refractivity contribution in [3.8, 4) is 11.1 Å². The van der Waals surface area contributed by atoms with E-state index in [1.54, 1.807) is 25.1 Å². The molecule has 2 aromatic carbocycles. The number of nitrogen functional groups attached to an aromatic ring is 1. The number of H-pyrrole nitrogens is 1. The molecule has 0 amide bonds. The molecule has 0 unspecified atom stereocenters. The van der Waals surface area contributed by atoms with Gasteiger partial charge in [0.05, 0.1) is 21.9 Å². The van der Waals surface area contributed by atoms with Gasteiger partial charge in [0.1, 0.15) is 5.82 Å². The number of nitrogens with two attached hydrogens (primary N) is 1. The zero-order valence-corrected chi connectivity index (χ0v) is 16.1. The lowest BCUT2D eigenvalue weighted by Gasteiger charge is -2.17. The Kier molecular flexibility index (Phi) is 4.60. The summed E-state index contributed by atoms with van der Waals surface area (Å²) in [5.41, 5.74) is 7.73. The number of aliphatic hydroxyl groups is 1. The van der Waals surface area contributed by atoms with E-state index in [2.05, 4.69) is 14.9 Å². The molecule has 0 radical (unpaired) electrons. The number of fused-ring (bicyclic) bond motifs is 1. The SMILES string of the molecule is Cc1cc(S(=O)(=O)N[C@@H]2CCC[C@@H]2O)ccc1-c1ccc2[nH]nc(N)c2c1F. The van der Waals surface area contributed by atoms with Crippen molar-refractivity contribution in [3.63, 3.8) is 0 Å². The number of rotatable bonds is 4. The van der Waals surface area contributed by atoms with Crippen molar-refractivity contribution in [2.45, 2.75) is 43.2 Å². The number of aromatic amines is 1. The number of hydrogen-bond donors (Lipinski definition) is 4. The number of aromatic nitrogens is 2. The fraction of sp³-hybridized carbons (Fsp3) is 0.316. The van der Waals surface area contributed by atoms with Crippen molar-refractivity contribution < 1.29 is 17.9 Å². The van der Waals surface area contributed by atoms with E-state index in [0.29, 0.717) is 35.0 Å². The molecule has 1 heterocycles. The van der Waals surface area contributed by atoms with Crippen LogP contribution in [0.1, 0.15) is 24.8 Å². The average Bonchev–Trinajstić information content (AvgIpc) is 3.22. The van der Waals surface area contributed by atoms with Crippen molar-refractivity contribution in [1.29, 1.82) is 0 Å². The molecule has 1 aromatic heterocycles. The second-order valence-electron chi connectivity index (χ2n) is 7.16. The smallest absolute Gasteiger partial charge is 0.240 e. The summed E-state index contributed by atoms with van der Waals surface area (Å²) in [7, 11) is -3.78. The number of aryl methyl sites for hydroxylation is 1. The standard InChI is InChI=1S/C19H21FN4O3S/c1-10-9-11(28(26,27)24-14-3-2-4-16(14)25)5-6-12(10)13-7-8-15-17(18(13)20)19(21)23-22-15/h5-9,14,16,24-25H,2-4H2,1H3,(H3,21,22,23)/t14-,16+/m1/s1. The van der Waals surface area contributed by atoms with E-state index in [4.69, 9.17) is 5.73 Å². The molecule has 0 saturated heterocycles. The number of nitrogens with zero attached hydrogens (tertiary/aromatic N) is 1. The molecule has 1 saturated carbocycles. The molecule has 2 atom stereocenters. The number of halogens is 1. The largest absolute Gasteiger partial charge is 0.391 e. The highest BCUT2D eigenvalue weighted by Crippen LogP contribution is 2.33. The summed E-state index contributed by atoms with van der Waals surface area (Å²) >= 11 is 0. The lowest BCUT2D eigenvalue weighted by Crippen LogP contribution is -2.39. The van der Waals surface area contributed by atoms with E-state index >= 15 is 0 Å². The third-order valence-electron chi connectivity index (χ3n) is 5.28. The van der Waals surface area contributed by atoms with Crippen LogP contribution in [-0.2, 0) is 10.0 Å². The molecular weight excluding hydrogens is 383 g/mol. The van der Waals surface area contributed by atoms with Crippen molar-refractivity contribution in [1.82, 2.24) is 14.9 Å². The normalized spacial score (nSPS) is 20.1. The summed E-state index contributed by atoms with van der Waals surface area (Å²) in [4.78, 5) is 0.0807. The first-order chi connectivity index (χ1) is 13.3.